The molecule has 0 atom stereocenters. The average molecular weight is 255 g/mol. The molecule has 1 rings (SSSR count). The van der Waals surface area contributed by atoms with Gasteiger partial charge in [0.05, 0.1) is 5.57 Å². The molecule has 2 N–H and O–H groups in total. The van der Waals surface area contributed by atoms with Gasteiger partial charge in [0.25, 0.3) is 5.78 Å². The second-order valence-corrected chi connectivity index (χ2v) is 3.48. The molecule has 0 heterocycles. The molecule has 0 unspecified atom stereocenters. The summed E-state index contributed by atoms with van der Waals surface area (Å²) in [6.07, 6.45) is 0.563. The highest BCUT2D eigenvalue weighted by Gasteiger charge is 2.16. The minimum atomic E-state index is -1.71. The maximum Gasteiger partial charge on any atom is 0.376 e. The number of rotatable bonds is 4. The number of aliphatic carboxylic acids is 2. The standard InChI is InChI=1S/C11H7ClO5/c12-7-3-1-6(2-4-7)8(10(14)15)5-9(13)11(16)17/h1-5H,(H,14,15)(H,16,17)/b8-5-. The van der Waals surface area contributed by atoms with Crippen molar-refractivity contribution in [2.45, 2.75) is 0 Å². The Morgan fingerprint density at radius 3 is 1.94 bits per heavy atom. The molecule has 0 aliphatic rings. The number of carbonyl (C=O) groups excluding carboxylic acids is 1. The molecule has 1 aromatic rings. The van der Waals surface area contributed by atoms with Crippen LogP contribution in [0.15, 0.2) is 30.3 Å². The lowest BCUT2D eigenvalue weighted by atomic mass is 10.0. The summed E-state index contributed by atoms with van der Waals surface area (Å²) in [4.78, 5) is 32.2. The number of hydrogen-bond acceptors (Lipinski definition) is 3. The Morgan fingerprint density at radius 1 is 1.00 bits per heavy atom. The van der Waals surface area contributed by atoms with Crippen molar-refractivity contribution in [3.63, 3.8) is 0 Å². The van der Waals surface area contributed by atoms with Gasteiger partial charge < -0.3 is 10.2 Å². The van der Waals surface area contributed by atoms with Crippen LogP contribution in [0.25, 0.3) is 5.57 Å². The summed E-state index contributed by atoms with van der Waals surface area (Å²) in [6, 6.07) is 5.66. The maximum absolute atomic E-state index is 10.9. The molecule has 0 aromatic heterocycles. The Labute approximate surface area is 101 Å². The highest BCUT2D eigenvalue weighted by Crippen LogP contribution is 2.17. The van der Waals surface area contributed by atoms with Crippen molar-refractivity contribution in [1.82, 2.24) is 0 Å². The van der Waals surface area contributed by atoms with Crippen LogP contribution in [0.2, 0.25) is 5.02 Å². The molecule has 17 heavy (non-hydrogen) atoms. The molecule has 0 saturated carbocycles. The van der Waals surface area contributed by atoms with Crippen molar-refractivity contribution in [3.8, 4) is 0 Å². The van der Waals surface area contributed by atoms with Crippen LogP contribution in [0.1, 0.15) is 5.56 Å². The summed E-state index contributed by atoms with van der Waals surface area (Å²) < 4.78 is 0. The van der Waals surface area contributed by atoms with Crippen molar-refractivity contribution in [2.24, 2.45) is 0 Å². The maximum atomic E-state index is 10.9. The molecule has 0 aliphatic heterocycles. The molecule has 6 heteroatoms. The SMILES string of the molecule is O=C(O)C(=O)/C=C(\C(=O)O)c1ccc(Cl)cc1. The molecule has 5 nitrogen and oxygen atoms in total. The highest BCUT2D eigenvalue weighted by molar-refractivity contribution is 6.41. The summed E-state index contributed by atoms with van der Waals surface area (Å²) in [5.74, 6) is -4.39. The van der Waals surface area contributed by atoms with Gasteiger partial charge in [-0.05, 0) is 17.7 Å². The lowest BCUT2D eigenvalue weighted by molar-refractivity contribution is -0.146. The fourth-order valence-electron chi connectivity index (χ4n) is 1.09. The number of ketones is 1. The van der Waals surface area contributed by atoms with Gasteiger partial charge in [-0.1, -0.05) is 23.7 Å². The van der Waals surface area contributed by atoms with Crippen LogP contribution < -0.4 is 0 Å². The summed E-state index contributed by atoms with van der Waals surface area (Å²) in [5.41, 5.74) is -0.189. The van der Waals surface area contributed by atoms with Crippen LogP contribution in [-0.4, -0.2) is 27.9 Å². The molecule has 0 aliphatic carbocycles. The van der Waals surface area contributed by atoms with Crippen LogP contribution in [0.4, 0.5) is 0 Å². The van der Waals surface area contributed by atoms with Gasteiger partial charge in [-0.2, -0.15) is 0 Å². The third-order valence-electron chi connectivity index (χ3n) is 1.87. The summed E-state index contributed by atoms with van der Waals surface area (Å²) in [5, 5.41) is 17.7. The van der Waals surface area contributed by atoms with Gasteiger partial charge in [0.2, 0.25) is 0 Å². The van der Waals surface area contributed by atoms with E-state index in [2.05, 4.69) is 0 Å². The first-order chi connectivity index (χ1) is 7.91. The first kappa shape index (κ1) is 12.9. The molecule has 0 spiro atoms. The molecule has 1 aromatic carbocycles. The Balaban J connectivity index is 3.19. The predicted octanol–water partition coefficient (Wildman–Crippen LogP) is 1.46. The van der Waals surface area contributed by atoms with Crippen molar-refractivity contribution in [1.29, 1.82) is 0 Å². The number of benzene rings is 1. The largest absolute Gasteiger partial charge is 0.478 e. The van der Waals surface area contributed by atoms with E-state index in [1.165, 1.54) is 24.3 Å². The van der Waals surface area contributed by atoms with E-state index in [9.17, 15) is 14.4 Å². The van der Waals surface area contributed by atoms with Crippen LogP contribution in [0.3, 0.4) is 0 Å². The normalized spacial score (nSPS) is 11.0. The second kappa shape index (κ2) is 5.27. The molecular weight excluding hydrogens is 248 g/mol. The zero-order valence-corrected chi connectivity index (χ0v) is 9.14. The van der Waals surface area contributed by atoms with Gasteiger partial charge in [-0.15, -0.1) is 0 Å². The third-order valence-corrected chi connectivity index (χ3v) is 2.12. The van der Waals surface area contributed by atoms with Gasteiger partial charge in [0.1, 0.15) is 0 Å². The summed E-state index contributed by atoms with van der Waals surface area (Å²) in [6.45, 7) is 0. The number of carboxylic acids is 2. The first-order valence-corrected chi connectivity index (χ1v) is 4.78. The highest BCUT2D eigenvalue weighted by atomic mass is 35.5. The van der Waals surface area contributed by atoms with Crippen molar-refractivity contribution in [3.05, 3.63) is 40.9 Å². The van der Waals surface area contributed by atoms with Crippen molar-refractivity contribution < 1.29 is 24.6 Å². The first-order valence-electron chi connectivity index (χ1n) is 4.40. The van der Waals surface area contributed by atoms with Crippen LogP contribution >= 0.6 is 11.6 Å². The smallest absolute Gasteiger partial charge is 0.376 e. The lowest BCUT2D eigenvalue weighted by Gasteiger charge is -2.01. The van der Waals surface area contributed by atoms with Crippen molar-refractivity contribution in [2.75, 3.05) is 0 Å². The zero-order valence-electron chi connectivity index (χ0n) is 8.38. The number of halogens is 1. The predicted molar refractivity (Wildman–Crippen MR) is 59.7 cm³/mol. The third kappa shape index (κ3) is 3.42. The molecular formula is C11H7ClO5. The van der Waals surface area contributed by atoms with Gasteiger partial charge >= 0.3 is 11.9 Å². The number of carboxylic acid groups (broad SMARTS) is 2. The Hall–Kier alpha value is -2.14. The monoisotopic (exact) mass is 254 g/mol. The molecule has 88 valence electrons. The Bertz CT molecular complexity index is 501. The van der Waals surface area contributed by atoms with Gasteiger partial charge in [-0.3, -0.25) is 4.79 Å². The van der Waals surface area contributed by atoms with E-state index in [0.717, 1.165) is 0 Å². The Kier molecular flexibility index (Phi) is 4.01. The fraction of sp³-hybridized carbons (Fsp3) is 0. The molecule has 0 radical (unpaired) electrons. The van der Waals surface area contributed by atoms with Crippen molar-refractivity contribution >= 4 is 34.9 Å². The fourth-order valence-corrected chi connectivity index (χ4v) is 1.22. The molecule has 0 amide bonds. The molecule has 0 bridgehead atoms. The van der Waals surface area contributed by atoms with E-state index in [1.807, 2.05) is 0 Å². The van der Waals surface area contributed by atoms with E-state index in [1.54, 1.807) is 0 Å². The lowest BCUT2D eigenvalue weighted by Crippen LogP contribution is -2.12. The average Bonchev–Trinajstić information content (AvgIpc) is 2.26. The van der Waals surface area contributed by atoms with E-state index in [-0.39, 0.29) is 5.56 Å². The topological polar surface area (TPSA) is 91.7 Å². The summed E-state index contributed by atoms with van der Waals surface area (Å²) in [7, 11) is 0. The van der Waals surface area contributed by atoms with E-state index in [4.69, 9.17) is 21.8 Å². The minimum absolute atomic E-state index is 0.205. The Morgan fingerprint density at radius 2 is 1.53 bits per heavy atom. The zero-order chi connectivity index (χ0) is 13.0. The van der Waals surface area contributed by atoms with E-state index >= 15 is 0 Å². The van der Waals surface area contributed by atoms with Crippen LogP contribution in [0.5, 0.6) is 0 Å². The number of hydrogen-bond donors (Lipinski definition) is 2. The molecule has 0 saturated heterocycles. The van der Waals surface area contributed by atoms with E-state index in [0.29, 0.717) is 11.1 Å². The van der Waals surface area contributed by atoms with E-state index < -0.39 is 23.3 Å². The minimum Gasteiger partial charge on any atom is -0.478 e. The van der Waals surface area contributed by atoms with Gasteiger partial charge in [0.15, 0.2) is 0 Å². The van der Waals surface area contributed by atoms with Crippen LogP contribution in [-0.2, 0) is 14.4 Å². The van der Waals surface area contributed by atoms with Gasteiger partial charge in [-0.25, -0.2) is 9.59 Å². The summed E-state index contributed by atoms with van der Waals surface area (Å²) >= 11 is 5.62. The number of carbonyl (C=O) groups is 3. The second-order valence-electron chi connectivity index (χ2n) is 3.04. The van der Waals surface area contributed by atoms with Gasteiger partial charge in [0, 0.05) is 11.1 Å². The quantitative estimate of drug-likeness (QED) is 0.627. The van der Waals surface area contributed by atoms with Crippen LogP contribution in [0, 0.1) is 0 Å². The molecule has 0 fully saturated rings.